The molecule has 0 aliphatic rings. The lowest BCUT2D eigenvalue weighted by molar-refractivity contribution is -0.122. The summed E-state index contributed by atoms with van der Waals surface area (Å²) in [5.41, 5.74) is 2.27. The second kappa shape index (κ2) is 12.5. The fourth-order valence-corrected chi connectivity index (χ4v) is 3.96. The van der Waals surface area contributed by atoms with E-state index >= 15 is 0 Å². The van der Waals surface area contributed by atoms with Crippen LogP contribution in [0, 0.1) is 11.6 Å². The second-order valence-electron chi connectivity index (χ2n) is 7.86. The number of aliphatic hydroxyl groups is 1. The molecule has 0 radical (unpaired) electrons. The Hall–Kier alpha value is -2.74. The minimum atomic E-state index is -0.956. The molecule has 7 heteroatoms. The van der Waals surface area contributed by atoms with Gasteiger partial charge < -0.3 is 15.7 Å². The Morgan fingerprint density at radius 2 is 1.61 bits per heavy atom. The molecule has 33 heavy (non-hydrogen) atoms. The van der Waals surface area contributed by atoms with Crippen LogP contribution in [0.4, 0.5) is 8.78 Å². The molecule has 0 spiro atoms. The Labute approximate surface area is 197 Å². The largest absolute Gasteiger partial charge is 0.390 e. The van der Waals surface area contributed by atoms with Gasteiger partial charge in [-0.25, -0.2) is 8.78 Å². The zero-order valence-electron chi connectivity index (χ0n) is 18.4. The Kier molecular flexibility index (Phi) is 9.42. The van der Waals surface area contributed by atoms with Gasteiger partial charge in [-0.15, -0.1) is 11.8 Å². The molecule has 0 aliphatic carbocycles. The third-order valence-electron chi connectivity index (χ3n) is 5.24. The number of nitrogens with one attached hydrogen (secondary N) is 2. The minimum Gasteiger partial charge on any atom is -0.390 e. The first-order valence-electron chi connectivity index (χ1n) is 10.7. The molecule has 0 aliphatic heterocycles. The number of hydrogen-bond acceptors (Lipinski definition) is 4. The third kappa shape index (κ3) is 8.28. The van der Waals surface area contributed by atoms with Gasteiger partial charge in [-0.2, -0.15) is 0 Å². The summed E-state index contributed by atoms with van der Waals surface area (Å²) >= 11 is 1.62. The number of carbonyl (C=O) groups is 1. The first-order chi connectivity index (χ1) is 15.9. The van der Waals surface area contributed by atoms with E-state index in [1.807, 2.05) is 60.9 Å². The van der Waals surface area contributed by atoms with E-state index in [1.165, 1.54) is 12.1 Å². The molecule has 0 unspecified atom stereocenters. The molecule has 3 N–H and O–H groups in total. The van der Waals surface area contributed by atoms with Crippen LogP contribution in [0.3, 0.4) is 0 Å². The highest BCUT2D eigenvalue weighted by Crippen LogP contribution is 2.16. The molecule has 0 heterocycles. The van der Waals surface area contributed by atoms with Crippen LogP contribution in [-0.2, 0) is 24.2 Å². The maximum atomic E-state index is 13.7. The molecule has 0 saturated heterocycles. The maximum Gasteiger partial charge on any atom is 0.224 e. The van der Waals surface area contributed by atoms with E-state index in [4.69, 9.17) is 0 Å². The molecular formula is C26H28F2N2O2S. The number of rotatable bonds is 11. The van der Waals surface area contributed by atoms with Crippen LogP contribution in [-0.4, -0.2) is 36.0 Å². The normalized spacial score (nSPS) is 12.8. The molecule has 4 nitrogen and oxygen atoms in total. The summed E-state index contributed by atoms with van der Waals surface area (Å²) in [6, 6.07) is 19.9. The molecule has 0 bridgehead atoms. The summed E-state index contributed by atoms with van der Waals surface area (Å²) in [4.78, 5) is 13.8. The number of halogens is 2. The lowest BCUT2D eigenvalue weighted by Crippen LogP contribution is -2.49. The number of aliphatic hydroxyl groups excluding tert-OH is 1. The van der Waals surface area contributed by atoms with Gasteiger partial charge in [0.1, 0.15) is 11.6 Å². The first-order valence-corrected chi connectivity index (χ1v) is 12.0. The lowest BCUT2D eigenvalue weighted by atomic mass is 10.00. The number of hydrogen-bond donors (Lipinski definition) is 3. The Balaban J connectivity index is 1.65. The van der Waals surface area contributed by atoms with Crippen molar-refractivity contribution in [3.8, 4) is 0 Å². The van der Waals surface area contributed by atoms with E-state index in [9.17, 15) is 18.7 Å². The van der Waals surface area contributed by atoms with Crippen molar-refractivity contribution < 1.29 is 18.7 Å². The molecular weight excluding hydrogens is 442 g/mol. The zero-order chi connectivity index (χ0) is 23.6. The van der Waals surface area contributed by atoms with Crippen molar-refractivity contribution in [2.75, 3.05) is 12.8 Å². The molecule has 174 valence electrons. The van der Waals surface area contributed by atoms with Crippen LogP contribution in [0.2, 0.25) is 0 Å². The number of amides is 1. The van der Waals surface area contributed by atoms with Gasteiger partial charge in [-0.1, -0.05) is 42.5 Å². The number of carbonyl (C=O) groups excluding carboxylic acids is 1. The molecule has 3 aromatic carbocycles. The fraction of sp³-hybridized carbons (Fsp3) is 0.269. The van der Waals surface area contributed by atoms with Crippen LogP contribution < -0.4 is 10.6 Å². The van der Waals surface area contributed by atoms with E-state index in [0.29, 0.717) is 12.1 Å². The maximum absolute atomic E-state index is 13.7. The number of thioether (sulfide) groups is 1. The van der Waals surface area contributed by atoms with E-state index < -0.39 is 23.8 Å². The van der Waals surface area contributed by atoms with Gasteiger partial charge in [-0.05, 0) is 53.6 Å². The van der Waals surface area contributed by atoms with Crippen molar-refractivity contribution in [3.63, 3.8) is 0 Å². The molecule has 3 aromatic rings. The average molecular weight is 471 g/mol. The van der Waals surface area contributed by atoms with Gasteiger partial charge in [0, 0.05) is 24.1 Å². The fourth-order valence-electron chi connectivity index (χ4n) is 3.56. The predicted molar refractivity (Wildman–Crippen MR) is 128 cm³/mol. The third-order valence-corrected chi connectivity index (χ3v) is 5.98. The predicted octanol–water partition coefficient (Wildman–Crippen LogP) is 4.11. The average Bonchev–Trinajstić information content (AvgIpc) is 2.79. The second-order valence-corrected chi connectivity index (χ2v) is 8.74. The summed E-state index contributed by atoms with van der Waals surface area (Å²) < 4.78 is 27.4. The molecule has 0 fully saturated rings. The zero-order valence-corrected chi connectivity index (χ0v) is 19.2. The Morgan fingerprint density at radius 1 is 0.939 bits per heavy atom. The minimum absolute atomic E-state index is 0.0972. The quantitative estimate of drug-likeness (QED) is 0.369. The molecule has 3 rings (SSSR count). The van der Waals surface area contributed by atoms with Gasteiger partial charge in [0.2, 0.25) is 5.91 Å². The van der Waals surface area contributed by atoms with Gasteiger partial charge in [-0.3, -0.25) is 4.79 Å². The Bertz CT molecular complexity index is 1010. The molecule has 0 saturated carbocycles. The molecule has 2 atom stereocenters. The highest BCUT2D eigenvalue weighted by Gasteiger charge is 2.22. The van der Waals surface area contributed by atoms with Crippen molar-refractivity contribution in [1.29, 1.82) is 0 Å². The standard InChI is InChI=1S/C26H28F2N2O2S/c1-33-23-9-7-18(8-10-23)14-26(32)30-24(13-20-11-21(27)15-22(28)12-20)25(31)17-29-16-19-5-3-2-4-6-19/h2-12,15,24-25,29,31H,13-14,16-17H2,1H3,(H,30,32)/t24-,25+/m0/s1. The molecule has 0 aromatic heterocycles. The lowest BCUT2D eigenvalue weighted by Gasteiger charge is -2.25. The van der Waals surface area contributed by atoms with Crippen LogP contribution >= 0.6 is 11.8 Å². The van der Waals surface area contributed by atoms with E-state index in [1.54, 1.807) is 11.8 Å². The van der Waals surface area contributed by atoms with Crippen LogP contribution in [0.25, 0.3) is 0 Å². The molecule has 1 amide bonds. The van der Waals surface area contributed by atoms with Crippen molar-refractivity contribution in [3.05, 3.63) is 101 Å². The summed E-state index contributed by atoms with van der Waals surface area (Å²) in [7, 11) is 0. The summed E-state index contributed by atoms with van der Waals surface area (Å²) in [6.45, 7) is 0.759. The van der Waals surface area contributed by atoms with Crippen LogP contribution in [0.1, 0.15) is 16.7 Å². The summed E-state index contributed by atoms with van der Waals surface area (Å²) in [6.07, 6.45) is 1.27. The van der Waals surface area contributed by atoms with Crippen molar-refractivity contribution in [1.82, 2.24) is 10.6 Å². The van der Waals surface area contributed by atoms with Crippen LogP contribution in [0.5, 0.6) is 0 Å². The van der Waals surface area contributed by atoms with Gasteiger partial charge in [0.25, 0.3) is 0 Å². The summed E-state index contributed by atoms with van der Waals surface area (Å²) in [5.74, 6) is -1.66. The van der Waals surface area contributed by atoms with Crippen molar-refractivity contribution in [2.45, 2.75) is 36.4 Å². The van der Waals surface area contributed by atoms with Gasteiger partial charge >= 0.3 is 0 Å². The highest BCUT2D eigenvalue weighted by molar-refractivity contribution is 7.98. The van der Waals surface area contributed by atoms with Gasteiger partial charge in [0.15, 0.2) is 0 Å². The summed E-state index contributed by atoms with van der Waals surface area (Å²) in [5, 5.41) is 16.8. The van der Waals surface area contributed by atoms with E-state index in [0.717, 1.165) is 22.1 Å². The SMILES string of the molecule is CSc1ccc(CC(=O)N[C@@H](Cc2cc(F)cc(F)c2)[C@H](O)CNCc2ccccc2)cc1. The number of benzene rings is 3. The van der Waals surface area contributed by atoms with Crippen molar-refractivity contribution in [2.24, 2.45) is 0 Å². The smallest absolute Gasteiger partial charge is 0.224 e. The topological polar surface area (TPSA) is 61.4 Å². The van der Waals surface area contributed by atoms with Gasteiger partial charge in [0.05, 0.1) is 18.6 Å². The van der Waals surface area contributed by atoms with E-state index in [2.05, 4.69) is 10.6 Å². The first kappa shape index (κ1) is 24.9. The van der Waals surface area contributed by atoms with Crippen LogP contribution in [0.15, 0.2) is 77.7 Å². The monoisotopic (exact) mass is 470 g/mol. The highest BCUT2D eigenvalue weighted by atomic mass is 32.2. The van der Waals surface area contributed by atoms with Crippen molar-refractivity contribution >= 4 is 17.7 Å². The Morgan fingerprint density at radius 3 is 2.24 bits per heavy atom. The van der Waals surface area contributed by atoms with E-state index in [-0.39, 0.29) is 25.3 Å².